The van der Waals surface area contributed by atoms with Crippen molar-refractivity contribution in [1.82, 2.24) is 9.78 Å². The van der Waals surface area contributed by atoms with Gasteiger partial charge in [0, 0.05) is 15.7 Å². The van der Waals surface area contributed by atoms with E-state index in [1.165, 1.54) is 0 Å². The third-order valence-electron chi connectivity index (χ3n) is 1.99. The van der Waals surface area contributed by atoms with Crippen LogP contribution in [0.5, 0.6) is 0 Å². The summed E-state index contributed by atoms with van der Waals surface area (Å²) in [5, 5.41) is 4.83. The summed E-state index contributed by atoms with van der Waals surface area (Å²) >= 11 is 9.38. The molecule has 78 valence electrons. The van der Waals surface area contributed by atoms with Crippen LogP contribution in [0, 0.1) is 0 Å². The van der Waals surface area contributed by atoms with Crippen molar-refractivity contribution in [2.24, 2.45) is 0 Å². The Morgan fingerprint density at radius 2 is 2.27 bits per heavy atom. The van der Waals surface area contributed by atoms with E-state index >= 15 is 0 Å². The van der Waals surface area contributed by atoms with Crippen LogP contribution in [0.2, 0.25) is 5.02 Å². The molecule has 0 radical (unpaired) electrons. The van der Waals surface area contributed by atoms with Crippen LogP contribution in [-0.4, -0.2) is 9.78 Å². The van der Waals surface area contributed by atoms with Gasteiger partial charge < -0.3 is 5.73 Å². The van der Waals surface area contributed by atoms with Crippen LogP contribution < -0.4 is 5.73 Å². The van der Waals surface area contributed by atoms with Crippen LogP contribution in [0.25, 0.3) is 0 Å². The van der Waals surface area contributed by atoms with E-state index in [1.54, 1.807) is 17.1 Å². The zero-order valence-corrected chi connectivity index (χ0v) is 10.2. The molecule has 1 aromatic carbocycles. The Bertz CT molecular complexity index is 481. The molecule has 0 saturated carbocycles. The van der Waals surface area contributed by atoms with Crippen molar-refractivity contribution >= 4 is 33.2 Å². The van der Waals surface area contributed by atoms with Gasteiger partial charge in [0.05, 0.1) is 18.4 Å². The Kier molecular flexibility index (Phi) is 2.98. The number of hydrogen-bond acceptors (Lipinski definition) is 2. The average Bonchev–Trinajstić information content (AvgIpc) is 2.58. The van der Waals surface area contributed by atoms with Crippen LogP contribution in [0.4, 0.5) is 5.69 Å². The molecule has 0 fully saturated rings. The van der Waals surface area contributed by atoms with Gasteiger partial charge in [-0.05, 0) is 23.8 Å². The van der Waals surface area contributed by atoms with Gasteiger partial charge in [0.1, 0.15) is 0 Å². The second-order valence-electron chi connectivity index (χ2n) is 3.21. The standard InChI is InChI=1S/C10H9BrClN3/c11-10-2-1-8(12)3-7(10)5-15-6-9(13)4-14-15/h1-4,6H,5,13H2. The number of nitrogens with two attached hydrogens (primary N) is 1. The van der Waals surface area contributed by atoms with Gasteiger partial charge in [0.25, 0.3) is 0 Å². The molecule has 2 rings (SSSR count). The van der Waals surface area contributed by atoms with E-state index in [1.807, 2.05) is 18.2 Å². The minimum Gasteiger partial charge on any atom is -0.396 e. The summed E-state index contributed by atoms with van der Waals surface area (Å²) in [7, 11) is 0. The molecule has 0 amide bonds. The second-order valence-corrected chi connectivity index (χ2v) is 4.50. The number of nitrogen functional groups attached to an aromatic ring is 1. The Hall–Kier alpha value is -1.000. The third-order valence-corrected chi connectivity index (χ3v) is 3.00. The molecule has 2 N–H and O–H groups in total. The van der Waals surface area contributed by atoms with Gasteiger partial charge in [-0.1, -0.05) is 27.5 Å². The van der Waals surface area contributed by atoms with Gasteiger partial charge in [-0.2, -0.15) is 5.10 Å². The minimum atomic E-state index is 0.651. The number of anilines is 1. The third kappa shape index (κ3) is 2.52. The summed E-state index contributed by atoms with van der Waals surface area (Å²) in [6.45, 7) is 0.651. The lowest BCUT2D eigenvalue weighted by Gasteiger charge is -2.05. The van der Waals surface area contributed by atoms with Crippen molar-refractivity contribution in [1.29, 1.82) is 0 Å². The number of aromatic nitrogens is 2. The van der Waals surface area contributed by atoms with Crippen molar-refractivity contribution in [2.45, 2.75) is 6.54 Å². The highest BCUT2D eigenvalue weighted by atomic mass is 79.9. The molecule has 3 nitrogen and oxygen atoms in total. The molecule has 1 heterocycles. The number of rotatable bonds is 2. The number of hydrogen-bond donors (Lipinski definition) is 1. The second kappa shape index (κ2) is 4.24. The predicted molar refractivity (Wildman–Crippen MR) is 64.9 cm³/mol. The monoisotopic (exact) mass is 285 g/mol. The van der Waals surface area contributed by atoms with Gasteiger partial charge in [0.15, 0.2) is 0 Å². The first kappa shape index (κ1) is 10.5. The molecular formula is C10H9BrClN3. The van der Waals surface area contributed by atoms with Crippen molar-refractivity contribution < 1.29 is 0 Å². The SMILES string of the molecule is Nc1cnn(Cc2cc(Cl)ccc2Br)c1. The number of benzene rings is 1. The lowest BCUT2D eigenvalue weighted by Crippen LogP contribution is -2.00. The molecule has 1 aromatic heterocycles. The maximum Gasteiger partial charge on any atom is 0.0719 e. The summed E-state index contributed by atoms with van der Waals surface area (Å²) in [6, 6.07) is 5.67. The molecule has 0 aliphatic rings. The summed E-state index contributed by atoms with van der Waals surface area (Å²) in [4.78, 5) is 0. The molecule has 0 bridgehead atoms. The lowest BCUT2D eigenvalue weighted by molar-refractivity contribution is 0.685. The Labute approximate surface area is 101 Å². The van der Waals surface area contributed by atoms with E-state index in [-0.39, 0.29) is 0 Å². The molecule has 5 heteroatoms. The molecule has 0 unspecified atom stereocenters. The maximum absolute atomic E-state index is 5.91. The largest absolute Gasteiger partial charge is 0.396 e. The lowest BCUT2D eigenvalue weighted by atomic mass is 10.2. The van der Waals surface area contributed by atoms with Crippen LogP contribution in [0.15, 0.2) is 35.1 Å². The number of nitrogens with zero attached hydrogens (tertiary/aromatic N) is 2. The summed E-state index contributed by atoms with van der Waals surface area (Å²) < 4.78 is 2.78. The first-order valence-electron chi connectivity index (χ1n) is 4.37. The first-order chi connectivity index (χ1) is 7.15. The number of halogens is 2. The van der Waals surface area contributed by atoms with Gasteiger partial charge in [-0.15, -0.1) is 0 Å². The van der Waals surface area contributed by atoms with E-state index < -0.39 is 0 Å². The molecule has 15 heavy (non-hydrogen) atoms. The fraction of sp³-hybridized carbons (Fsp3) is 0.100. The zero-order chi connectivity index (χ0) is 10.8. The molecule has 0 aliphatic heterocycles. The van der Waals surface area contributed by atoms with E-state index in [4.69, 9.17) is 17.3 Å². The van der Waals surface area contributed by atoms with Gasteiger partial charge in [-0.3, -0.25) is 4.68 Å². The van der Waals surface area contributed by atoms with Crippen molar-refractivity contribution in [3.8, 4) is 0 Å². The van der Waals surface area contributed by atoms with Crippen molar-refractivity contribution in [3.05, 3.63) is 45.7 Å². The fourth-order valence-electron chi connectivity index (χ4n) is 1.31. The van der Waals surface area contributed by atoms with Crippen LogP contribution in [0.3, 0.4) is 0 Å². The minimum absolute atomic E-state index is 0.651. The van der Waals surface area contributed by atoms with Gasteiger partial charge >= 0.3 is 0 Å². The normalized spacial score (nSPS) is 10.5. The van der Waals surface area contributed by atoms with Crippen LogP contribution in [-0.2, 0) is 6.54 Å². The molecule has 0 atom stereocenters. The van der Waals surface area contributed by atoms with E-state index in [9.17, 15) is 0 Å². The van der Waals surface area contributed by atoms with Crippen LogP contribution in [0.1, 0.15) is 5.56 Å². The molecular weight excluding hydrogens is 277 g/mol. The molecule has 0 saturated heterocycles. The molecule has 0 aliphatic carbocycles. The molecule has 0 spiro atoms. The summed E-state index contributed by atoms with van der Waals surface area (Å²) in [5.41, 5.74) is 7.31. The quantitative estimate of drug-likeness (QED) is 0.922. The Balaban J connectivity index is 2.27. The highest BCUT2D eigenvalue weighted by Gasteiger charge is 2.02. The maximum atomic E-state index is 5.91. The Morgan fingerprint density at radius 1 is 1.47 bits per heavy atom. The molecule has 2 aromatic rings. The summed E-state index contributed by atoms with van der Waals surface area (Å²) in [6.07, 6.45) is 3.41. The topological polar surface area (TPSA) is 43.8 Å². The smallest absolute Gasteiger partial charge is 0.0719 e. The van der Waals surface area contributed by atoms with E-state index in [2.05, 4.69) is 21.0 Å². The fourth-order valence-corrected chi connectivity index (χ4v) is 1.87. The van der Waals surface area contributed by atoms with Crippen LogP contribution >= 0.6 is 27.5 Å². The van der Waals surface area contributed by atoms with Crippen molar-refractivity contribution in [2.75, 3.05) is 5.73 Å². The highest BCUT2D eigenvalue weighted by Crippen LogP contribution is 2.22. The van der Waals surface area contributed by atoms with Gasteiger partial charge in [-0.25, -0.2) is 0 Å². The predicted octanol–water partition coefficient (Wildman–Crippen LogP) is 2.93. The van der Waals surface area contributed by atoms with E-state index in [0.29, 0.717) is 17.3 Å². The van der Waals surface area contributed by atoms with E-state index in [0.717, 1.165) is 10.0 Å². The van der Waals surface area contributed by atoms with Crippen molar-refractivity contribution in [3.63, 3.8) is 0 Å². The average molecular weight is 287 g/mol. The highest BCUT2D eigenvalue weighted by molar-refractivity contribution is 9.10. The summed E-state index contributed by atoms with van der Waals surface area (Å²) in [5.74, 6) is 0. The van der Waals surface area contributed by atoms with Gasteiger partial charge in [0.2, 0.25) is 0 Å². The first-order valence-corrected chi connectivity index (χ1v) is 5.54. The zero-order valence-electron chi connectivity index (χ0n) is 7.82. The Morgan fingerprint density at radius 3 is 2.93 bits per heavy atom.